The molecule has 20 heavy (non-hydrogen) atoms. The van der Waals surface area contributed by atoms with Crippen molar-refractivity contribution in [1.82, 2.24) is 15.3 Å². The molecule has 0 saturated heterocycles. The third-order valence-electron chi connectivity index (χ3n) is 3.75. The van der Waals surface area contributed by atoms with Crippen LogP contribution in [0.15, 0.2) is 0 Å². The van der Waals surface area contributed by atoms with Crippen molar-refractivity contribution in [3.8, 4) is 0 Å². The van der Waals surface area contributed by atoms with Crippen LogP contribution in [0.4, 0.5) is 0 Å². The summed E-state index contributed by atoms with van der Waals surface area (Å²) in [6, 6.07) is 0. The van der Waals surface area contributed by atoms with Crippen molar-refractivity contribution in [3.63, 3.8) is 0 Å². The number of hydrogen-bond acceptors (Lipinski definition) is 5. The van der Waals surface area contributed by atoms with E-state index in [1.54, 1.807) is 0 Å². The minimum atomic E-state index is -1.01. The highest BCUT2D eigenvalue weighted by Gasteiger charge is 2.32. The molecule has 1 aromatic heterocycles. The lowest BCUT2D eigenvalue weighted by Gasteiger charge is -2.28. The average molecular weight is 279 g/mol. The third-order valence-corrected chi connectivity index (χ3v) is 3.75. The molecular weight excluding hydrogens is 258 g/mol. The number of ether oxygens (including phenoxy) is 1. The first-order valence-corrected chi connectivity index (χ1v) is 7.00. The Hall–Kier alpha value is -1.53. The number of carbonyl (C=O) groups is 1. The van der Waals surface area contributed by atoms with Crippen molar-refractivity contribution < 1.29 is 14.6 Å². The van der Waals surface area contributed by atoms with Crippen molar-refractivity contribution >= 4 is 5.97 Å². The van der Waals surface area contributed by atoms with E-state index in [1.165, 1.54) is 0 Å². The van der Waals surface area contributed by atoms with Crippen LogP contribution >= 0.6 is 0 Å². The van der Waals surface area contributed by atoms with Gasteiger partial charge in [-0.15, -0.1) is 0 Å². The van der Waals surface area contributed by atoms with Crippen LogP contribution in [0.1, 0.15) is 54.8 Å². The molecule has 1 aliphatic heterocycles. The number of hydrogen-bond donors (Lipinski definition) is 2. The normalized spacial score (nSPS) is 17.4. The first kappa shape index (κ1) is 14.9. The molecule has 0 aliphatic carbocycles. The van der Waals surface area contributed by atoms with E-state index in [0.29, 0.717) is 31.0 Å². The van der Waals surface area contributed by atoms with Gasteiger partial charge in [-0.3, -0.25) is 0 Å². The van der Waals surface area contributed by atoms with Crippen LogP contribution in [0.5, 0.6) is 0 Å². The van der Waals surface area contributed by atoms with Crippen LogP contribution in [-0.2, 0) is 23.3 Å². The van der Waals surface area contributed by atoms with Gasteiger partial charge in [0, 0.05) is 31.7 Å². The zero-order valence-electron chi connectivity index (χ0n) is 12.2. The molecule has 0 spiro atoms. The van der Waals surface area contributed by atoms with E-state index in [4.69, 9.17) is 4.74 Å². The predicted octanol–water partition coefficient (Wildman–Crippen LogP) is 1.48. The minimum Gasteiger partial charge on any atom is -0.476 e. The number of fused-ring (bicyclic) bond motifs is 1. The number of nitrogens with one attached hydrogen (secondary N) is 1. The van der Waals surface area contributed by atoms with Crippen molar-refractivity contribution in [2.24, 2.45) is 0 Å². The van der Waals surface area contributed by atoms with E-state index < -0.39 is 11.6 Å². The van der Waals surface area contributed by atoms with Crippen molar-refractivity contribution in [1.29, 1.82) is 0 Å². The molecule has 0 bridgehead atoms. The summed E-state index contributed by atoms with van der Waals surface area (Å²) in [5, 5.41) is 12.5. The average Bonchev–Trinajstić information content (AvgIpc) is 2.46. The zero-order valence-corrected chi connectivity index (χ0v) is 12.2. The number of aromatic nitrogens is 2. The SMILES string of the molecule is CCOC(C)(CC)c1nc2c(c(C(=O)O)n1)CNCC2. The Kier molecular flexibility index (Phi) is 4.35. The monoisotopic (exact) mass is 279 g/mol. The molecule has 0 fully saturated rings. The fourth-order valence-electron chi connectivity index (χ4n) is 2.40. The van der Waals surface area contributed by atoms with Gasteiger partial charge >= 0.3 is 5.97 Å². The second-order valence-electron chi connectivity index (χ2n) is 5.07. The maximum absolute atomic E-state index is 11.4. The summed E-state index contributed by atoms with van der Waals surface area (Å²) in [5.74, 6) is -0.538. The lowest BCUT2D eigenvalue weighted by Crippen LogP contribution is -2.33. The molecule has 2 rings (SSSR count). The molecule has 1 atom stereocenters. The summed E-state index contributed by atoms with van der Waals surface area (Å²) in [6.07, 6.45) is 1.41. The van der Waals surface area contributed by atoms with Gasteiger partial charge in [0.25, 0.3) is 0 Å². The van der Waals surface area contributed by atoms with Crippen LogP contribution in [0.3, 0.4) is 0 Å². The fraction of sp³-hybridized carbons (Fsp3) is 0.643. The van der Waals surface area contributed by atoms with Crippen LogP contribution < -0.4 is 5.32 Å². The standard InChI is InChI=1S/C14H21N3O3/c1-4-14(3,20-5-2)13-16-10-6-7-15-8-9(10)11(17-13)12(18)19/h15H,4-8H2,1-3H3,(H,18,19). The molecule has 1 unspecified atom stereocenters. The van der Waals surface area contributed by atoms with Gasteiger partial charge in [-0.05, 0) is 20.3 Å². The Morgan fingerprint density at radius 2 is 2.20 bits per heavy atom. The Balaban J connectivity index is 2.55. The molecule has 0 amide bonds. The van der Waals surface area contributed by atoms with Gasteiger partial charge in [0.15, 0.2) is 11.5 Å². The molecule has 6 nitrogen and oxygen atoms in total. The maximum Gasteiger partial charge on any atom is 0.354 e. The quantitative estimate of drug-likeness (QED) is 0.849. The zero-order chi connectivity index (χ0) is 14.8. The van der Waals surface area contributed by atoms with Gasteiger partial charge in [-0.25, -0.2) is 14.8 Å². The molecule has 0 radical (unpaired) electrons. The molecule has 0 saturated carbocycles. The summed E-state index contributed by atoms with van der Waals surface area (Å²) in [4.78, 5) is 20.3. The second kappa shape index (κ2) is 5.85. The molecular formula is C14H21N3O3. The van der Waals surface area contributed by atoms with Gasteiger partial charge in [0.1, 0.15) is 5.60 Å². The summed E-state index contributed by atoms with van der Waals surface area (Å²) >= 11 is 0. The Morgan fingerprint density at radius 3 is 2.80 bits per heavy atom. The van der Waals surface area contributed by atoms with E-state index in [0.717, 1.165) is 18.7 Å². The number of carboxylic acid groups (broad SMARTS) is 1. The summed E-state index contributed by atoms with van der Waals surface area (Å²) in [5.41, 5.74) is 0.975. The molecule has 2 N–H and O–H groups in total. The van der Waals surface area contributed by atoms with E-state index in [9.17, 15) is 9.90 Å². The lowest BCUT2D eigenvalue weighted by molar-refractivity contribution is -0.0393. The largest absolute Gasteiger partial charge is 0.476 e. The highest BCUT2D eigenvalue weighted by Crippen LogP contribution is 2.28. The first-order chi connectivity index (χ1) is 9.51. The summed E-state index contributed by atoms with van der Waals surface area (Å²) in [7, 11) is 0. The van der Waals surface area contributed by atoms with E-state index in [2.05, 4.69) is 15.3 Å². The van der Waals surface area contributed by atoms with E-state index >= 15 is 0 Å². The van der Waals surface area contributed by atoms with Crippen LogP contribution in [-0.4, -0.2) is 34.2 Å². The predicted molar refractivity (Wildman–Crippen MR) is 73.7 cm³/mol. The van der Waals surface area contributed by atoms with Crippen molar-refractivity contribution in [2.75, 3.05) is 13.2 Å². The topological polar surface area (TPSA) is 84.3 Å². The van der Waals surface area contributed by atoms with Crippen LogP contribution in [0.2, 0.25) is 0 Å². The number of rotatable bonds is 5. The maximum atomic E-state index is 11.4. The van der Waals surface area contributed by atoms with Crippen LogP contribution in [0.25, 0.3) is 0 Å². The number of aromatic carboxylic acids is 1. The molecule has 6 heteroatoms. The van der Waals surface area contributed by atoms with Gasteiger partial charge in [-0.1, -0.05) is 6.92 Å². The molecule has 0 aromatic carbocycles. The Bertz CT molecular complexity index is 519. The Labute approximate surface area is 118 Å². The lowest BCUT2D eigenvalue weighted by atomic mass is 9.99. The van der Waals surface area contributed by atoms with Gasteiger partial charge in [0.2, 0.25) is 0 Å². The third kappa shape index (κ3) is 2.66. The molecule has 2 heterocycles. The summed E-state index contributed by atoms with van der Waals surface area (Å²) in [6.45, 7) is 7.66. The highest BCUT2D eigenvalue weighted by atomic mass is 16.5. The molecule has 1 aliphatic rings. The number of nitrogens with zero attached hydrogens (tertiary/aromatic N) is 2. The first-order valence-electron chi connectivity index (χ1n) is 7.00. The summed E-state index contributed by atoms with van der Waals surface area (Å²) < 4.78 is 5.76. The van der Waals surface area contributed by atoms with E-state index in [1.807, 2.05) is 20.8 Å². The minimum absolute atomic E-state index is 0.0941. The van der Waals surface area contributed by atoms with E-state index in [-0.39, 0.29) is 5.69 Å². The second-order valence-corrected chi connectivity index (χ2v) is 5.07. The van der Waals surface area contributed by atoms with Gasteiger partial charge in [-0.2, -0.15) is 0 Å². The highest BCUT2D eigenvalue weighted by molar-refractivity contribution is 5.87. The fourth-order valence-corrected chi connectivity index (χ4v) is 2.40. The molecule has 1 aromatic rings. The van der Waals surface area contributed by atoms with Crippen molar-refractivity contribution in [3.05, 3.63) is 22.8 Å². The number of carboxylic acids is 1. The van der Waals surface area contributed by atoms with Crippen molar-refractivity contribution in [2.45, 2.75) is 45.8 Å². The van der Waals surface area contributed by atoms with Crippen LogP contribution in [0, 0.1) is 0 Å². The Morgan fingerprint density at radius 1 is 1.45 bits per heavy atom. The van der Waals surface area contributed by atoms with Gasteiger partial charge in [0.05, 0.1) is 5.69 Å². The van der Waals surface area contributed by atoms with Gasteiger partial charge < -0.3 is 15.2 Å². The molecule has 110 valence electrons. The smallest absolute Gasteiger partial charge is 0.354 e.